The Bertz CT molecular complexity index is 851. The van der Waals surface area contributed by atoms with Crippen molar-refractivity contribution in [3.8, 4) is 5.69 Å². The van der Waals surface area contributed by atoms with Crippen molar-refractivity contribution in [3.63, 3.8) is 0 Å². The Morgan fingerprint density at radius 3 is 2.74 bits per heavy atom. The molecule has 3 rings (SSSR count). The highest BCUT2D eigenvalue weighted by atomic mass is 35.5. The van der Waals surface area contributed by atoms with E-state index in [0.29, 0.717) is 42.3 Å². The van der Waals surface area contributed by atoms with Crippen LogP contribution in [0.5, 0.6) is 0 Å². The van der Waals surface area contributed by atoms with Crippen molar-refractivity contribution in [2.45, 2.75) is 45.6 Å². The monoisotopic (exact) mass is 390 g/mol. The van der Waals surface area contributed by atoms with Gasteiger partial charge in [-0.1, -0.05) is 30.7 Å². The van der Waals surface area contributed by atoms with Gasteiger partial charge in [0.1, 0.15) is 5.82 Å². The number of hydrogen-bond acceptors (Lipinski definition) is 4. The zero-order valence-corrected chi connectivity index (χ0v) is 16.2. The lowest BCUT2D eigenvalue weighted by molar-refractivity contribution is -0.145. The quantitative estimate of drug-likeness (QED) is 0.846. The van der Waals surface area contributed by atoms with Crippen LogP contribution in [0, 0.1) is 5.92 Å². The second kappa shape index (κ2) is 8.08. The largest absolute Gasteiger partial charge is 0.481 e. The van der Waals surface area contributed by atoms with Gasteiger partial charge in [-0.3, -0.25) is 9.59 Å². The Labute approximate surface area is 163 Å². The Balaban J connectivity index is 1.95. The summed E-state index contributed by atoms with van der Waals surface area (Å²) >= 11 is 6.30. The van der Waals surface area contributed by atoms with Crippen LogP contribution in [-0.4, -0.2) is 49.2 Å². The van der Waals surface area contributed by atoms with Crippen LogP contribution in [0.3, 0.4) is 0 Å². The first-order chi connectivity index (χ1) is 12.9. The van der Waals surface area contributed by atoms with E-state index in [2.05, 4.69) is 10.1 Å². The molecule has 1 aromatic carbocycles. The van der Waals surface area contributed by atoms with Crippen LogP contribution in [0.15, 0.2) is 24.3 Å². The van der Waals surface area contributed by atoms with Crippen LogP contribution >= 0.6 is 11.6 Å². The summed E-state index contributed by atoms with van der Waals surface area (Å²) in [5.74, 6) is -1.04. The summed E-state index contributed by atoms with van der Waals surface area (Å²) < 4.78 is 1.61. The first kappa shape index (κ1) is 19.4. The van der Waals surface area contributed by atoms with E-state index in [0.717, 1.165) is 6.42 Å². The number of carbonyl (C=O) groups excluding carboxylic acids is 1. The molecule has 8 heteroatoms. The van der Waals surface area contributed by atoms with Gasteiger partial charge in [0.05, 0.1) is 16.6 Å². The smallest absolute Gasteiger partial charge is 0.308 e. The number of para-hydroxylation sites is 1. The van der Waals surface area contributed by atoms with Crippen LogP contribution in [0.25, 0.3) is 5.69 Å². The number of rotatable bonds is 5. The van der Waals surface area contributed by atoms with E-state index in [1.807, 2.05) is 25.1 Å². The summed E-state index contributed by atoms with van der Waals surface area (Å²) in [6.07, 6.45) is 2.72. The van der Waals surface area contributed by atoms with Gasteiger partial charge in [0.25, 0.3) is 5.91 Å². The molecule has 1 aliphatic heterocycles. The number of hydrogen-bond donors (Lipinski definition) is 1. The summed E-state index contributed by atoms with van der Waals surface area (Å²) in [5, 5.41) is 14.3. The number of carbonyl (C=O) groups is 2. The molecule has 144 valence electrons. The molecule has 7 nitrogen and oxygen atoms in total. The van der Waals surface area contributed by atoms with Crippen molar-refractivity contribution in [3.05, 3.63) is 40.9 Å². The van der Waals surface area contributed by atoms with Crippen molar-refractivity contribution in [1.82, 2.24) is 19.7 Å². The lowest BCUT2D eigenvalue weighted by atomic mass is 9.90. The Kier molecular flexibility index (Phi) is 5.79. The van der Waals surface area contributed by atoms with Gasteiger partial charge in [-0.25, -0.2) is 9.67 Å². The molecular formula is C19H23ClN4O3. The van der Waals surface area contributed by atoms with Crippen molar-refractivity contribution in [2.75, 3.05) is 6.54 Å². The number of aromatic nitrogens is 3. The average molecular weight is 391 g/mol. The Morgan fingerprint density at radius 2 is 2.07 bits per heavy atom. The van der Waals surface area contributed by atoms with Gasteiger partial charge in [0.15, 0.2) is 0 Å². The number of piperidine rings is 1. The summed E-state index contributed by atoms with van der Waals surface area (Å²) in [4.78, 5) is 30.5. The summed E-state index contributed by atoms with van der Waals surface area (Å²) in [6.45, 7) is 4.30. The standard InChI is InChI=1S/C19H23ClN4O3/c1-3-7-16-21-17(22-24(16)15-10-5-4-9-14(15)20)18(25)23-11-6-8-13(12(23)2)19(26)27/h4-5,9-10,12-13H,3,6-8,11H2,1-2H3,(H,26,27)/t12-,13-/m0/s1. The fourth-order valence-corrected chi connectivity index (χ4v) is 3.74. The summed E-state index contributed by atoms with van der Waals surface area (Å²) in [5.41, 5.74) is 0.671. The first-order valence-corrected chi connectivity index (χ1v) is 9.56. The molecule has 2 aromatic rings. The molecule has 0 radical (unpaired) electrons. The predicted octanol–water partition coefficient (Wildman–Crippen LogP) is 3.20. The van der Waals surface area contributed by atoms with Crippen LogP contribution < -0.4 is 0 Å². The Hall–Kier alpha value is -2.41. The lowest BCUT2D eigenvalue weighted by Gasteiger charge is -2.36. The maximum Gasteiger partial charge on any atom is 0.308 e. The zero-order valence-electron chi connectivity index (χ0n) is 15.4. The molecule has 1 N–H and O–H groups in total. The second-order valence-corrected chi connectivity index (χ2v) is 7.20. The number of aliphatic carboxylic acids is 1. The van der Waals surface area contributed by atoms with Gasteiger partial charge in [0.2, 0.25) is 5.82 Å². The molecule has 27 heavy (non-hydrogen) atoms. The number of amides is 1. The van der Waals surface area contributed by atoms with Crippen LogP contribution in [0.2, 0.25) is 5.02 Å². The molecule has 1 aromatic heterocycles. The SMILES string of the molecule is CCCc1nc(C(=O)N2CCC[C@H](C(=O)O)[C@@H]2C)nn1-c1ccccc1Cl. The number of benzene rings is 1. The maximum absolute atomic E-state index is 13.0. The van der Waals surface area contributed by atoms with Gasteiger partial charge < -0.3 is 10.0 Å². The van der Waals surface area contributed by atoms with Crippen molar-refractivity contribution in [2.24, 2.45) is 5.92 Å². The normalized spacial score (nSPS) is 19.9. The molecular weight excluding hydrogens is 368 g/mol. The van der Waals surface area contributed by atoms with Crippen molar-refractivity contribution >= 4 is 23.5 Å². The number of likely N-dealkylation sites (tertiary alicyclic amines) is 1. The van der Waals surface area contributed by atoms with Gasteiger partial charge in [-0.2, -0.15) is 0 Å². The van der Waals surface area contributed by atoms with Crippen LogP contribution in [0.1, 0.15) is 49.6 Å². The molecule has 0 unspecified atom stereocenters. The highest BCUT2D eigenvalue weighted by Crippen LogP contribution is 2.26. The van der Waals surface area contributed by atoms with Gasteiger partial charge >= 0.3 is 5.97 Å². The van der Waals surface area contributed by atoms with Crippen molar-refractivity contribution in [1.29, 1.82) is 0 Å². The van der Waals surface area contributed by atoms with E-state index in [1.165, 1.54) is 0 Å². The molecule has 0 bridgehead atoms. The highest BCUT2D eigenvalue weighted by molar-refractivity contribution is 6.32. The molecule has 1 amide bonds. The number of halogens is 1. The fourth-order valence-electron chi connectivity index (χ4n) is 3.53. The number of aryl methyl sites for hydroxylation is 1. The van der Waals surface area contributed by atoms with E-state index in [-0.39, 0.29) is 11.7 Å². The van der Waals surface area contributed by atoms with E-state index in [1.54, 1.807) is 22.6 Å². The summed E-state index contributed by atoms with van der Waals surface area (Å²) in [7, 11) is 0. The topological polar surface area (TPSA) is 88.3 Å². The van der Waals surface area contributed by atoms with Gasteiger partial charge in [-0.05, 0) is 38.3 Å². The predicted molar refractivity (Wildman–Crippen MR) is 101 cm³/mol. The number of carboxylic acids is 1. The molecule has 0 saturated carbocycles. The zero-order chi connectivity index (χ0) is 19.6. The Morgan fingerprint density at radius 1 is 1.33 bits per heavy atom. The van der Waals surface area contributed by atoms with Crippen LogP contribution in [0.4, 0.5) is 0 Å². The third-order valence-electron chi connectivity index (χ3n) is 4.99. The molecule has 2 heterocycles. The van der Waals surface area contributed by atoms with E-state index >= 15 is 0 Å². The minimum absolute atomic E-state index is 0.0799. The average Bonchev–Trinajstić information content (AvgIpc) is 3.05. The fraction of sp³-hybridized carbons (Fsp3) is 0.474. The minimum Gasteiger partial charge on any atom is -0.481 e. The molecule has 0 spiro atoms. The highest BCUT2D eigenvalue weighted by Gasteiger charge is 2.37. The number of carboxylic acid groups (broad SMARTS) is 1. The molecule has 1 aliphatic rings. The molecule has 1 saturated heterocycles. The van der Waals surface area contributed by atoms with Gasteiger partial charge in [0, 0.05) is 19.0 Å². The maximum atomic E-state index is 13.0. The van der Waals surface area contributed by atoms with E-state index in [4.69, 9.17) is 11.6 Å². The van der Waals surface area contributed by atoms with Gasteiger partial charge in [-0.15, -0.1) is 5.10 Å². The molecule has 0 aliphatic carbocycles. The summed E-state index contributed by atoms with van der Waals surface area (Å²) in [6, 6.07) is 6.87. The third-order valence-corrected chi connectivity index (χ3v) is 5.31. The van der Waals surface area contributed by atoms with Crippen LogP contribution in [-0.2, 0) is 11.2 Å². The third kappa shape index (κ3) is 3.83. The lowest BCUT2D eigenvalue weighted by Crippen LogP contribution is -2.49. The minimum atomic E-state index is -0.874. The first-order valence-electron chi connectivity index (χ1n) is 9.18. The molecule has 1 fully saturated rings. The van der Waals surface area contributed by atoms with Crippen molar-refractivity contribution < 1.29 is 14.7 Å². The van der Waals surface area contributed by atoms with E-state index in [9.17, 15) is 14.7 Å². The van der Waals surface area contributed by atoms with E-state index < -0.39 is 17.9 Å². The molecule has 2 atom stereocenters. The second-order valence-electron chi connectivity index (χ2n) is 6.79. The number of nitrogens with zero attached hydrogens (tertiary/aromatic N) is 4.